The van der Waals surface area contributed by atoms with E-state index in [2.05, 4.69) is 0 Å². The summed E-state index contributed by atoms with van der Waals surface area (Å²) in [5.74, 6) is 0.504. The van der Waals surface area contributed by atoms with Crippen LogP contribution in [-0.2, 0) is 9.47 Å². The standard InChI is InChI=1S/C22H21ClO6/c1-12(2)26-21(24)28-19-14-8-5-6-9-15(14)20(29-22(25)27-13(3)4)18-16(19)10-7-11-17(18)23/h5-13H,1-4H3. The SMILES string of the molecule is CC(C)OC(=O)Oc1c2ccccc2c(OC(=O)OC(C)C)c2c(Cl)cccc12. The molecule has 0 fully saturated rings. The minimum atomic E-state index is -0.848. The molecule has 0 aliphatic carbocycles. The lowest BCUT2D eigenvalue weighted by Gasteiger charge is -2.17. The lowest BCUT2D eigenvalue weighted by Crippen LogP contribution is -2.17. The van der Waals surface area contributed by atoms with E-state index in [-0.39, 0.29) is 23.7 Å². The van der Waals surface area contributed by atoms with Gasteiger partial charge in [-0.25, -0.2) is 9.59 Å². The maximum atomic E-state index is 12.2. The average Bonchev–Trinajstić information content (AvgIpc) is 2.63. The molecular weight excluding hydrogens is 396 g/mol. The molecule has 3 rings (SSSR count). The smallest absolute Gasteiger partial charge is 0.431 e. The molecule has 0 heterocycles. The highest BCUT2D eigenvalue weighted by atomic mass is 35.5. The minimum absolute atomic E-state index is 0.233. The summed E-state index contributed by atoms with van der Waals surface area (Å²) in [4.78, 5) is 24.4. The van der Waals surface area contributed by atoms with Gasteiger partial charge in [0.25, 0.3) is 0 Å². The van der Waals surface area contributed by atoms with Gasteiger partial charge in [-0.2, -0.15) is 0 Å². The number of carbonyl (C=O) groups excluding carboxylic acids is 2. The van der Waals surface area contributed by atoms with E-state index in [1.807, 2.05) is 0 Å². The van der Waals surface area contributed by atoms with Gasteiger partial charge in [0.15, 0.2) is 11.5 Å². The average molecular weight is 417 g/mol. The summed E-state index contributed by atoms with van der Waals surface area (Å²) in [5.41, 5.74) is 0. The van der Waals surface area contributed by atoms with Crippen LogP contribution in [0, 0.1) is 0 Å². The van der Waals surface area contributed by atoms with Crippen molar-refractivity contribution >= 4 is 45.5 Å². The van der Waals surface area contributed by atoms with Crippen molar-refractivity contribution in [2.24, 2.45) is 0 Å². The summed E-state index contributed by atoms with van der Waals surface area (Å²) in [7, 11) is 0. The molecule has 6 nitrogen and oxygen atoms in total. The molecule has 0 radical (unpaired) electrons. The molecule has 29 heavy (non-hydrogen) atoms. The molecule has 0 saturated carbocycles. The maximum absolute atomic E-state index is 12.2. The first-order chi connectivity index (χ1) is 13.8. The van der Waals surface area contributed by atoms with Crippen molar-refractivity contribution in [1.82, 2.24) is 0 Å². The highest BCUT2D eigenvalue weighted by Gasteiger charge is 2.23. The molecule has 0 saturated heterocycles. The second-order valence-corrected chi connectivity index (χ2v) is 7.31. The van der Waals surface area contributed by atoms with E-state index in [4.69, 9.17) is 30.5 Å². The first-order valence-electron chi connectivity index (χ1n) is 9.17. The zero-order chi connectivity index (χ0) is 21.1. The second kappa shape index (κ2) is 8.57. The molecule has 0 aromatic heterocycles. The highest BCUT2D eigenvalue weighted by Crippen LogP contribution is 2.45. The van der Waals surface area contributed by atoms with Gasteiger partial charge in [0.2, 0.25) is 0 Å². The third kappa shape index (κ3) is 4.54. The van der Waals surface area contributed by atoms with Crippen molar-refractivity contribution in [2.45, 2.75) is 39.9 Å². The molecule has 3 aromatic carbocycles. The van der Waals surface area contributed by atoms with Crippen molar-refractivity contribution < 1.29 is 28.5 Å². The van der Waals surface area contributed by atoms with Gasteiger partial charge < -0.3 is 18.9 Å². The Balaban J connectivity index is 2.25. The predicted molar refractivity (Wildman–Crippen MR) is 111 cm³/mol. The molecule has 7 heteroatoms. The van der Waals surface area contributed by atoms with Crippen LogP contribution in [0.15, 0.2) is 42.5 Å². The van der Waals surface area contributed by atoms with E-state index < -0.39 is 12.3 Å². The number of ether oxygens (including phenoxy) is 4. The van der Waals surface area contributed by atoms with Crippen molar-refractivity contribution in [3.05, 3.63) is 47.5 Å². The Kier molecular flexibility index (Phi) is 6.13. The first kappa shape index (κ1) is 20.7. The van der Waals surface area contributed by atoms with Crippen LogP contribution in [-0.4, -0.2) is 24.5 Å². The van der Waals surface area contributed by atoms with Gasteiger partial charge in [0, 0.05) is 21.5 Å². The van der Waals surface area contributed by atoms with Gasteiger partial charge in [-0.3, -0.25) is 0 Å². The summed E-state index contributed by atoms with van der Waals surface area (Å²) in [6.45, 7) is 6.90. The first-order valence-corrected chi connectivity index (χ1v) is 9.55. The number of benzene rings is 3. The van der Waals surface area contributed by atoms with E-state index in [1.165, 1.54) is 0 Å². The molecule has 0 amide bonds. The van der Waals surface area contributed by atoms with Crippen LogP contribution in [0.25, 0.3) is 21.5 Å². The second-order valence-electron chi connectivity index (χ2n) is 6.90. The van der Waals surface area contributed by atoms with Crippen molar-refractivity contribution in [1.29, 1.82) is 0 Å². The predicted octanol–water partition coefficient (Wildman–Crippen LogP) is 6.49. The highest BCUT2D eigenvalue weighted by molar-refractivity contribution is 6.37. The fourth-order valence-electron chi connectivity index (χ4n) is 2.92. The Labute approximate surface area is 173 Å². The summed E-state index contributed by atoms with van der Waals surface area (Å²) in [5, 5.41) is 2.38. The largest absolute Gasteiger partial charge is 0.514 e. The number of carbonyl (C=O) groups is 2. The van der Waals surface area contributed by atoms with Gasteiger partial charge in [-0.15, -0.1) is 0 Å². The molecule has 0 atom stereocenters. The van der Waals surface area contributed by atoms with Crippen LogP contribution in [0.3, 0.4) is 0 Å². The molecule has 0 bridgehead atoms. The Morgan fingerprint density at radius 2 is 1.21 bits per heavy atom. The van der Waals surface area contributed by atoms with Crippen molar-refractivity contribution in [3.8, 4) is 11.5 Å². The molecule has 0 N–H and O–H groups in total. The van der Waals surface area contributed by atoms with E-state index in [1.54, 1.807) is 70.2 Å². The number of halogens is 1. The topological polar surface area (TPSA) is 71.1 Å². The molecule has 0 spiro atoms. The number of rotatable bonds is 4. The number of hydrogen-bond acceptors (Lipinski definition) is 6. The molecule has 152 valence electrons. The van der Waals surface area contributed by atoms with Crippen LogP contribution in [0.4, 0.5) is 9.59 Å². The van der Waals surface area contributed by atoms with Gasteiger partial charge in [0.1, 0.15) is 0 Å². The third-order valence-electron chi connectivity index (χ3n) is 3.94. The zero-order valence-corrected chi connectivity index (χ0v) is 17.3. The van der Waals surface area contributed by atoms with E-state index in [9.17, 15) is 9.59 Å². The van der Waals surface area contributed by atoms with Crippen molar-refractivity contribution in [3.63, 3.8) is 0 Å². The van der Waals surface area contributed by atoms with E-state index in [0.717, 1.165) is 0 Å². The Hall–Kier alpha value is -2.99. The van der Waals surface area contributed by atoms with E-state index in [0.29, 0.717) is 26.6 Å². The molecule has 0 aliphatic rings. The van der Waals surface area contributed by atoms with Gasteiger partial charge in [-0.1, -0.05) is 48.0 Å². The normalized spacial score (nSPS) is 11.1. The van der Waals surface area contributed by atoms with Gasteiger partial charge in [-0.05, 0) is 33.8 Å². The molecular formula is C22H21ClO6. The Morgan fingerprint density at radius 3 is 1.76 bits per heavy atom. The third-order valence-corrected chi connectivity index (χ3v) is 4.25. The Morgan fingerprint density at radius 1 is 0.724 bits per heavy atom. The molecule has 3 aromatic rings. The van der Waals surface area contributed by atoms with Crippen LogP contribution in [0.5, 0.6) is 11.5 Å². The fraction of sp³-hybridized carbons (Fsp3) is 0.273. The van der Waals surface area contributed by atoms with Crippen LogP contribution in [0.2, 0.25) is 5.02 Å². The summed E-state index contributed by atoms with van der Waals surface area (Å²) in [6.07, 6.45) is -2.36. The van der Waals surface area contributed by atoms with Gasteiger partial charge >= 0.3 is 12.3 Å². The van der Waals surface area contributed by atoms with Gasteiger partial charge in [0.05, 0.1) is 17.2 Å². The molecule has 0 aliphatic heterocycles. The number of fused-ring (bicyclic) bond motifs is 2. The fourth-order valence-corrected chi connectivity index (χ4v) is 3.18. The lowest BCUT2D eigenvalue weighted by atomic mass is 10.0. The quantitative estimate of drug-likeness (QED) is 0.275. The van der Waals surface area contributed by atoms with E-state index >= 15 is 0 Å². The summed E-state index contributed by atoms with van der Waals surface area (Å²) >= 11 is 6.44. The van der Waals surface area contributed by atoms with Crippen LogP contribution >= 0.6 is 11.6 Å². The lowest BCUT2D eigenvalue weighted by molar-refractivity contribution is 0.0719. The summed E-state index contributed by atoms with van der Waals surface area (Å²) < 4.78 is 21.3. The maximum Gasteiger partial charge on any atom is 0.514 e. The minimum Gasteiger partial charge on any atom is -0.431 e. The monoisotopic (exact) mass is 416 g/mol. The number of hydrogen-bond donors (Lipinski definition) is 0. The van der Waals surface area contributed by atoms with Crippen molar-refractivity contribution in [2.75, 3.05) is 0 Å². The molecule has 0 unspecified atom stereocenters. The summed E-state index contributed by atoms with van der Waals surface area (Å²) in [6, 6.07) is 12.2. The van der Waals surface area contributed by atoms with Crippen LogP contribution < -0.4 is 9.47 Å². The van der Waals surface area contributed by atoms with Crippen LogP contribution in [0.1, 0.15) is 27.7 Å². The Bertz CT molecular complexity index is 1070. The zero-order valence-electron chi connectivity index (χ0n) is 16.5.